The van der Waals surface area contributed by atoms with Crippen molar-refractivity contribution in [3.63, 3.8) is 0 Å². The molecule has 0 spiro atoms. The maximum absolute atomic E-state index is 14.6. The van der Waals surface area contributed by atoms with E-state index in [0.717, 1.165) is 78.1 Å². The number of fused-ring (bicyclic) bond motifs is 2. The van der Waals surface area contributed by atoms with Crippen LogP contribution in [0.25, 0.3) is 0 Å². The lowest BCUT2D eigenvalue weighted by Gasteiger charge is -2.15. The summed E-state index contributed by atoms with van der Waals surface area (Å²) in [5.74, 6) is -0.592. The second-order valence-corrected chi connectivity index (χ2v) is 10.0. The van der Waals surface area contributed by atoms with Crippen molar-refractivity contribution in [2.24, 2.45) is 9.50 Å². The number of halogens is 1. The van der Waals surface area contributed by atoms with Crippen LogP contribution in [-0.2, 0) is 42.2 Å². The van der Waals surface area contributed by atoms with Gasteiger partial charge in [-0.25, -0.2) is 9.18 Å². The first-order valence-corrected chi connectivity index (χ1v) is 11.4. The molecule has 2 aromatic rings. The van der Waals surface area contributed by atoms with Crippen LogP contribution in [0.3, 0.4) is 0 Å². The van der Waals surface area contributed by atoms with Crippen LogP contribution in [0, 0.1) is 5.82 Å². The maximum atomic E-state index is 14.6. The normalized spacial score (nSPS) is 16.9. The maximum Gasteiger partial charge on any atom is 0.352 e. The molecule has 9 heteroatoms. The predicted octanol–water partition coefficient (Wildman–Crippen LogP) is 3.75. The smallest absolute Gasteiger partial charge is 0.352 e. The molecule has 0 saturated heterocycles. The lowest BCUT2D eigenvalue weighted by molar-refractivity contribution is 0.0748. The quantitative estimate of drug-likeness (QED) is 0.701. The minimum Gasteiger partial charge on any atom is -0.386 e. The van der Waals surface area contributed by atoms with Gasteiger partial charge in [0.15, 0.2) is 5.82 Å². The first kappa shape index (κ1) is 19.6. The fraction of sp³-hybridized carbons (Fsp3) is 0.474. The lowest BCUT2D eigenvalue weighted by Crippen LogP contribution is -2.17. The van der Waals surface area contributed by atoms with Crippen molar-refractivity contribution in [2.75, 3.05) is 5.32 Å². The fourth-order valence-electron chi connectivity index (χ4n) is 3.88. The van der Waals surface area contributed by atoms with Gasteiger partial charge in [0.2, 0.25) is 0 Å². The summed E-state index contributed by atoms with van der Waals surface area (Å²) < 4.78 is 18.7. The summed E-state index contributed by atoms with van der Waals surface area (Å²) in [6.07, 6.45) is 5.73. The Balaban J connectivity index is 1.62. The van der Waals surface area contributed by atoms with Crippen LogP contribution in [-0.4, -0.2) is 16.1 Å². The molecular weight excluding hydrogens is 399 g/mol. The van der Waals surface area contributed by atoms with Gasteiger partial charge in [0.05, 0.1) is 11.3 Å². The van der Waals surface area contributed by atoms with Gasteiger partial charge in [-0.1, -0.05) is 0 Å². The Kier molecular flexibility index (Phi) is 5.11. The van der Waals surface area contributed by atoms with E-state index in [-0.39, 0.29) is 9.77 Å². The van der Waals surface area contributed by atoms with Gasteiger partial charge in [-0.05, 0) is 63.5 Å². The number of hydrogen-bond donors (Lipinski definition) is 3. The second-order valence-electron chi connectivity index (χ2n) is 7.69. The molecule has 1 atom stereocenters. The van der Waals surface area contributed by atoms with Gasteiger partial charge in [0, 0.05) is 33.2 Å². The average Bonchev–Trinajstić information content (AvgIpc) is 3.32. The van der Waals surface area contributed by atoms with Gasteiger partial charge in [0.25, 0.3) is 0 Å². The highest BCUT2D eigenvalue weighted by Crippen LogP contribution is 2.37. The van der Waals surface area contributed by atoms with Crippen LogP contribution in [0.2, 0.25) is 0 Å². The van der Waals surface area contributed by atoms with Crippen LogP contribution >= 0.6 is 11.3 Å². The molecule has 2 heterocycles. The SMILES string of the molecule is CC(C)(O)c1csc(/S(N)=N/C(=O)Nc2c3c(nc4c2CCC4)CCC3)c1F. The predicted molar refractivity (Wildman–Crippen MR) is 109 cm³/mol. The molecule has 150 valence electrons. The van der Waals surface area contributed by atoms with Crippen molar-refractivity contribution >= 4 is 33.9 Å². The molecule has 0 saturated carbocycles. The molecule has 2 amide bonds. The number of nitrogens with one attached hydrogen (secondary N) is 1. The summed E-state index contributed by atoms with van der Waals surface area (Å²) in [6.45, 7) is 3.01. The van der Waals surface area contributed by atoms with Crippen molar-refractivity contribution in [1.82, 2.24) is 4.98 Å². The standard InChI is InChI=1S/C19H23FN4O2S2/c1-19(2,26)12-9-27-17(15(12)20)28(21)24-18(25)23-16-10-5-3-7-13(10)22-14-8-4-6-11(14)16/h9,26H,3-8H2,1-2H3,(H3,21,22,23,24,25). The summed E-state index contributed by atoms with van der Waals surface area (Å²) in [4.78, 5) is 17.3. The molecule has 6 nitrogen and oxygen atoms in total. The number of anilines is 1. The number of urea groups is 1. The average molecular weight is 423 g/mol. The molecule has 28 heavy (non-hydrogen) atoms. The number of pyridine rings is 1. The highest BCUT2D eigenvalue weighted by molar-refractivity contribution is 7.87. The molecule has 0 bridgehead atoms. The lowest BCUT2D eigenvalue weighted by atomic mass is 10.0. The number of carbonyl (C=O) groups excluding carboxylic acids is 1. The Morgan fingerprint density at radius 1 is 1.29 bits per heavy atom. The summed E-state index contributed by atoms with van der Waals surface area (Å²) in [6, 6.07) is -0.571. The minimum absolute atomic E-state index is 0.163. The van der Waals surface area contributed by atoms with Crippen molar-refractivity contribution in [1.29, 1.82) is 0 Å². The first-order chi connectivity index (χ1) is 13.3. The zero-order valence-corrected chi connectivity index (χ0v) is 17.5. The summed E-state index contributed by atoms with van der Waals surface area (Å²) in [7, 11) is -1.43. The van der Waals surface area contributed by atoms with Crippen molar-refractivity contribution in [2.45, 2.75) is 62.2 Å². The van der Waals surface area contributed by atoms with Gasteiger partial charge < -0.3 is 10.4 Å². The third kappa shape index (κ3) is 3.52. The van der Waals surface area contributed by atoms with Gasteiger partial charge in [-0.2, -0.15) is 4.36 Å². The van der Waals surface area contributed by atoms with E-state index in [4.69, 9.17) is 10.1 Å². The van der Waals surface area contributed by atoms with Gasteiger partial charge in [0.1, 0.15) is 4.21 Å². The van der Waals surface area contributed by atoms with E-state index >= 15 is 0 Å². The van der Waals surface area contributed by atoms with Crippen LogP contribution in [0.1, 0.15) is 54.8 Å². The van der Waals surface area contributed by atoms with Crippen LogP contribution < -0.4 is 10.5 Å². The Morgan fingerprint density at radius 3 is 2.43 bits per heavy atom. The largest absolute Gasteiger partial charge is 0.386 e. The molecule has 0 fully saturated rings. The number of thiophene rings is 1. The Labute approximate surface area is 169 Å². The second kappa shape index (κ2) is 7.29. The number of rotatable bonds is 3. The van der Waals surface area contributed by atoms with Crippen molar-refractivity contribution < 1.29 is 14.3 Å². The number of carbonyl (C=O) groups is 1. The molecule has 4 rings (SSSR count). The van der Waals surface area contributed by atoms with E-state index in [0.29, 0.717) is 0 Å². The number of aliphatic hydroxyl groups is 1. The number of amides is 2. The van der Waals surface area contributed by atoms with Gasteiger partial charge >= 0.3 is 6.03 Å². The fourth-order valence-corrected chi connectivity index (χ4v) is 5.96. The molecule has 2 aromatic heterocycles. The van der Waals surface area contributed by atoms with E-state index in [1.807, 2.05) is 0 Å². The zero-order chi connectivity index (χ0) is 20.1. The molecule has 0 radical (unpaired) electrons. The molecule has 0 aromatic carbocycles. The van der Waals surface area contributed by atoms with E-state index in [1.54, 1.807) is 0 Å². The number of nitrogens with zero attached hydrogens (tertiary/aromatic N) is 2. The van der Waals surface area contributed by atoms with Crippen LogP contribution in [0.5, 0.6) is 0 Å². The summed E-state index contributed by atoms with van der Waals surface area (Å²) in [5, 5.41) is 20.5. The zero-order valence-electron chi connectivity index (χ0n) is 15.8. The third-order valence-corrected chi connectivity index (χ3v) is 7.68. The highest BCUT2D eigenvalue weighted by atomic mass is 32.2. The van der Waals surface area contributed by atoms with Crippen molar-refractivity contribution in [3.8, 4) is 0 Å². The number of hydrogen-bond acceptors (Lipinski definition) is 4. The Morgan fingerprint density at radius 2 is 1.89 bits per heavy atom. The van der Waals surface area contributed by atoms with E-state index in [9.17, 15) is 14.3 Å². The van der Waals surface area contributed by atoms with Gasteiger partial charge in [-0.15, -0.1) is 11.3 Å². The van der Waals surface area contributed by atoms with Crippen molar-refractivity contribution in [3.05, 3.63) is 39.3 Å². The molecule has 1 unspecified atom stereocenters. The van der Waals surface area contributed by atoms with Crippen LogP contribution in [0.15, 0.2) is 14.0 Å². The summed E-state index contributed by atoms with van der Waals surface area (Å²) >= 11 is 1.07. The summed E-state index contributed by atoms with van der Waals surface area (Å²) in [5.41, 5.74) is 4.04. The Bertz CT molecular complexity index is 963. The number of aromatic nitrogens is 1. The molecular formula is C19H23FN4O2S2. The number of aryl methyl sites for hydroxylation is 2. The minimum atomic E-state index is -1.43. The van der Waals surface area contributed by atoms with E-state index in [1.165, 1.54) is 19.2 Å². The number of nitrogens with two attached hydrogens (primary N) is 1. The topological polar surface area (TPSA) is 101 Å². The molecule has 2 aliphatic rings. The first-order valence-electron chi connectivity index (χ1n) is 9.30. The highest BCUT2D eigenvalue weighted by Gasteiger charge is 2.28. The third-order valence-electron chi connectivity index (χ3n) is 5.21. The molecule has 4 N–H and O–H groups in total. The van der Waals surface area contributed by atoms with Gasteiger partial charge in [-0.3, -0.25) is 10.1 Å². The van der Waals surface area contributed by atoms with E-state index in [2.05, 4.69) is 9.68 Å². The monoisotopic (exact) mass is 422 g/mol. The van der Waals surface area contributed by atoms with Crippen LogP contribution in [0.4, 0.5) is 14.9 Å². The molecule has 2 aliphatic carbocycles. The van der Waals surface area contributed by atoms with E-state index < -0.39 is 28.3 Å². The Hall–Kier alpha value is -1.68. The molecule has 0 aliphatic heterocycles.